The Bertz CT molecular complexity index is 336. The van der Waals surface area contributed by atoms with Crippen molar-refractivity contribution in [2.45, 2.75) is 19.1 Å². The van der Waals surface area contributed by atoms with Crippen LogP contribution in [0.5, 0.6) is 0 Å². The number of nitrogens with zero attached hydrogens (tertiary/aromatic N) is 1. The number of likely N-dealkylation sites (tertiary alicyclic amines) is 1. The summed E-state index contributed by atoms with van der Waals surface area (Å²) in [4.78, 5) is 2.28. The summed E-state index contributed by atoms with van der Waals surface area (Å²) in [7, 11) is 1.73. The topological polar surface area (TPSA) is 12.5 Å². The molecule has 1 fully saturated rings. The van der Waals surface area contributed by atoms with Crippen LogP contribution in [0.25, 0.3) is 0 Å². The molecule has 2 nitrogen and oxygen atoms in total. The zero-order chi connectivity index (χ0) is 10.8. The average Bonchev–Trinajstić information content (AvgIpc) is 2.16. The lowest BCUT2D eigenvalue weighted by atomic mass is 10.0. The van der Waals surface area contributed by atoms with Crippen molar-refractivity contribution in [3.63, 3.8) is 0 Å². The van der Waals surface area contributed by atoms with E-state index in [4.69, 9.17) is 4.74 Å². The Balaban J connectivity index is 2.00. The molecule has 3 heteroatoms. The molecule has 0 saturated carbocycles. The fourth-order valence-corrected chi connectivity index (χ4v) is 1.91. The van der Waals surface area contributed by atoms with Crippen LogP contribution < -0.4 is 0 Å². The van der Waals surface area contributed by atoms with E-state index in [9.17, 15) is 4.39 Å². The third-order valence-corrected chi connectivity index (χ3v) is 3.09. The van der Waals surface area contributed by atoms with Gasteiger partial charge in [-0.1, -0.05) is 12.1 Å². The minimum absolute atomic E-state index is 0.164. The molecule has 1 aromatic rings. The number of hydrogen-bond donors (Lipinski definition) is 0. The molecule has 1 atom stereocenters. The Kier molecular flexibility index (Phi) is 3.03. The van der Waals surface area contributed by atoms with Gasteiger partial charge < -0.3 is 4.74 Å². The summed E-state index contributed by atoms with van der Waals surface area (Å²) in [5.74, 6) is -0.164. The Hall–Kier alpha value is -0.930. The minimum Gasteiger partial charge on any atom is -0.379 e. The molecule has 1 unspecified atom stereocenters. The highest BCUT2D eigenvalue weighted by molar-refractivity contribution is 5.20. The van der Waals surface area contributed by atoms with Gasteiger partial charge >= 0.3 is 0 Å². The Morgan fingerprint density at radius 3 is 2.80 bits per heavy atom. The fourth-order valence-electron chi connectivity index (χ4n) is 1.91. The Morgan fingerprint density at radius 2 is 2.20 bits per heavy atom. The summed E-state index contributed by atoms with van der Waals surface area (Å²) < 4.78 is 18.2. The number of benzene rings is 1. The summed E-state index contributed by atoms with van der Waals surface area (Å²) in [6.07, 6.45) is 0.348. The highest BCUT2D eigenvalue weighted by atomic mass is 19.1. The molecule has 0 bridgehead atoms. The van der Waals surface area contributed by atoms with Gasteiger partial charge in [-0.05, 0) is 24.6 Å². The van der Waals surface area contributed by atoms with Gasteiger partial charge in [0.05, 0.1) is 6.10 Å². The lowest BCUT2D eigenvalue weighted by Gasteiger charge is -2.42. The van der Waals surface area contributed by atoms with E-state index in [0.29, 0.717) is 6.10 Å². The van der Waals surface area contributed by atoms with Crippen LogP contribution in [0.15, 0.2) is 24.3 Å². The Morgan fingerprint density at radius 1 is 1.47 bits per heavy atom. The number of ether oxygens (including phenoxy) is 1. The highest BCUT2D eigenvalue weighted by Gasteiger charge is 2.30. The first-order valence-electron chi connectivity index (χ1n) is 5.23. The molecule has 0 N–H and O–H groups in total. The molecule has 0 aromatic heterocycles. The smallest absolute Gasteiger partial charge is 0.123 e. The Labute approximate surface area is 89.7 Å². The number of rotatable bonds is 3. The first kappa shape index (κ1) is 10.6. The molecule has 15 heavy (non-hydrogen) atoms. The minimum atomic E-state index is -0.164. The molecule has 2 rings (SSSR count). The summed E-state index contributed by atoms with van der Waals surface area (Å²) in [6.45, 7) is 3.98. The van der Waals surface area contributed by atoms with Gasteiger partial charge in [0.25, 0.3) is 0 Å². The van der Waals surface area contributed by atoms with Crippen LogP contribution in [0.4, 0.5) is 4.39 Å². The summed E-state index contributed by atoms with van der Waals surface area (Å²) in [5.41, 5.74) is 1.03. The number of methoxy groups -OCH3 is 1. The molecule has 1 aliphatic heterocycles. The second kappa shape index (κ2) is 4.29. The molecule has 1 saturated heterocycles. The van der Waals surface area contributed by atoms with Gasteiger partial charge in [0.15, 0.2) is 0 Å². The van der Waals surface area contributed by atoms with E-state index in [1.54, 1.807) is 19.2 Å². The van der Waals surface area contributed by atoms with Crippen molar-refractivity contribution in [3.05, 3.63) is 35.6 Å². The van der Waals surface area contributed by atoms with Crippen molar-refractivity contribution in [1.82, 2.24) is 4.90 Å². The normalized spacial score (nSPS) is 19.9. The van der Waals surface area contributed by atoms with Gasteiger partial charge in [-0.3, -0.25) is 4.90 Å². The lowest BCUT2D eigenvalue weighted by molar-refractivity contribution is -0.0479. The van der Waals surface area contributed by atoms with Crippen LogP contribution in [0.2, 0.25) is 0 Å². The van der Waals surface area contributed by atoms with E-state index in [1.807, 2.05) is 6.07 Å². The van der Waals surface area contributed by atoms with E-state index in [0.717, 1.165) is 18.7 Å². The molecule has 0 aliphatic carbocycles. The van der Waals surface area contributed by atoms with E-state index >= 15 is 0 Å². The monoisotopic (exact) mass is 209 g/mol. The second-order valence-corrected chi connectivity index (χ2v) is 4.04. The third kappa shape index (κ3) is 2.19. The molecule has 1 heterocycles. The quantitative estimate of drug-likeness (QED) is 0.756. The summed E-state index contributed by atoms with van der Waals surface area (Å²) in [5, 5.41) is 0. The summed E-state index contributed by atoms with van der Waals surface area (Å²) in [6, 6.07) is 7.07. The standard InChI is InChI=1S/C12H16FNO/c1-9(14-7-12(8-14)15-2)10-4-3-5-11(13)6-10/h3-6,9,12H,7-8H2,1-2H3. The van der Waals surface area contributed by atoms with Crippen molar-refractivity contribution >= 4 is 0 Å². The van der Waals surface area contributed by atoms with Crippen LogP contribution >= 0.6 is 0 Å². The van der Waals surface area contributed by atoms with Gasteiger partial charge in [-0.2, -0.15) is 0 Å². The third-order valence-electron chi connectivity index (χ3n) is 3.09. The van der Waals surface area contributed by atoms with Crippen molar-refractivity contribution < 1.29 is 9.13 Å². The zero-order valence-electron chi connectivity index (χ0n) is 9.11. The van der Waals surface area contributed by atoms with Crippen LogP contribution in [0.1, 0.15) is 18.5 Å². The van der Waals surface area contributed by atoms with Crippen LogP contribution in [0.3, 0.4) is 0 Å². The van der Waals surface area contributed by atoms with Gasteiger partial charge in [-0.25, -0.2) is 4.39 Å². The van der Waals surface area contributed by atoms with Crippen LogP contribution in [-0.2, 0) is 4.74 Å². The van der Waals surface area contributed by atoms with Crippen LogP contribution in [0, 0.1) is 5.82 Å². The highest BCUT2D eigenvalue weighted by Crippen LogP contribution is 2.26. The van der Waals surface area contributed by atoms with Gasteiger partial charge in [0, 0.05) is 26.2 Å². The molecular formula is C12H16FNO. The number of hydrogen-bond acceptors (Lipinski definition) is 2. The molecule has 0 spiro atoms. The largest absolute Gasteiger partial charge is 0.379 e. The van der Waals surface area contributed by atoms with Gasteiger partial charge in [0.2, 0.25) is 0 Å². The van der Waals surface area contributed by atoms with Crippen LogP contribution in [-0.4, -0.2) is 31.2 Å². The maximum Gasteiger partial charge on any atom is 0.123 e. The maximum absolute atomic E-state index is 13.0. The summed E-state index contributed by atoms with van der Waals surface area (Å²) >= 11 is 0. The molecule has 0 radical (unpaired) electrons. The molecular weight excluding hydrogens is 193 g/mol. The number of halogens is 1. The fraction of sp³-hybridized carbons (Fsp3) is 0.500. The van der Waals surface area contributed by atoms with Crippen molar-refractivity contribution in [1.29, 1.82) is 0 Å². The maximum atomic E-state index is 13.0. The molecule has 82 valence electrons. The lowest BCUT2D eigenvalue weighted by Crippen LogP contribution is -2.52. The SMILES string of the molecule is COC1CN(C(C)c2cccc(F)c2)C1. The molecule has 0 amide bonds. The van der Waals surface area contributed by atoms with Gasteiger partial charge in [-0.15, -0.1) is 0 Å². The second-order valence-electron chi connectivity index (χ2n) is 4.04. The predicted molar refractivity (Wildman–Crippen MR) is 57.2 cm³/mol. The first-order chi connectivity index (χ1) is 7.20. The van der Waals surface area contributed by atoms with E-state index < -0.39 is 0 Å². The zero-order valence-corrected chi connectivity index (χ0v) is 9.11. The average molecular weight is 209 g/mol. The van der Waals surface area contributed by atoms with Crippen molar-refractivity contribution in [3.8, 4) is 0 Å². The van der Waals surface area contributed by atoms with E-state index in [2.05, 4.69) is 11.8 Å². The van der Waals surface area contributed by atoms with Crippen molar-refractivity contribution in [2.24, 2.45) is 0 Å². The van der Waals surface area contributed by atoms with E-state index in [1.165, 1.54) is 6.07 Å². The van der Waals surface area contributed by atoms with Crippen molar-refractivity contribution in [2.75, 3.05) is 20.2 Å². The molecule has 1 aromatic carbocycles. The van der Waals surface area contributed by atoms with E-state index in [-0.39, 0.29) is 11.9 Å². The molecule has 1 aliphatic rings. The first-order valence-corrected chi connectivity index (χ1v) is 5.23. The predicted octanol–water partition coefficient (Wildman–Crippen LogP) is 2.22. The van der Waals surface area contributed by atoms with Gasteiger partial charge in [0.1, 0.15) is 5.82 Å².